The van der Waals surface area contributed by atoms with Gasteiger partial charge in [-0.3, -0.25) is 9.69 Å². The molecule has 1 aliphatic carbocycles. The molecule has 1 spiro atoms. The molecule has 100 valence electrons. The lowest BCUT2D eigenvalue weighted by atomic mass is 9.90. The maximum absolute atomic E-state index is 12.3. The molecule has 1 fully saturated rings. The van der Waals surface area contributed by atoms with Gasteiger partial charge < -0.3 is 10.4 Å². The molecule has 1 unspecified atom stereocenters. The van der Waals surface area contributed by atoms with E-state index in [0.29, 0.717) is 12.2 Å². The van der Waals surface area contributed by atoms with Crippen molar-refractivity contribution in [1.82, 2.24) is 10.3 Å². The maximum Gasteiger partial charge on any atom is 0.405 e. The number of rotatable bonds is 1. The van der Waals surface area contributed by atoms with Gasteiger partial charge in [0.2, 0.25) is 0 Å². The van der Waals surface area contributed by atoms with E-state index in [-0.39, 0.29) is 11.3 Å². The number of likely N-dealkylation sites (N-methyl/N-ethyl adjacent to an activating group) is 1. The summed E-state index contributed by atoms with van der Waals surface area (Å²) in [5.74, 6) is 0.408. The Kier molecular flexibility index (Phi) is 2.48. The number of nitrogens with zero attached hydrogens (tertiary/aromatic N) is 2. The third-order valence-corrected chi connectivity index (χ3v) is 4.05. The average Bonchev–Trinajstić information content (AvgIpc) is 3.16. The van der Waals surface area contributed by atoms with Crippen LogP contribution in [0.25, 0.3) is 0 Å². The van der Waals surface area contributed by atoms with Gasteiger partial charge in [0.15, 0.2) is 0 Å². The fourth-order valence-corrected chi connectivity index (χ4v) is 2.89. The molecular formula is C13H15N3O3. The van der Waals surface area contributed by atoms with Crippen LogP contribution in [-0.4, -0.2) is 35.2 Å². The summed E-state index contributed by atoms with van der Waals surface area (Å²) in [4.78, 5) is 28.9. The Morgan fingerprint density at radius 1 is 1.58 bits per heavy atom. The van der Waals surface area contributed by atoms with Crippen molar-refractivity contribution >= 4 is 17.8 Å². The van der Waals surface area contributed by atoms with Crippen LogP contribution in [0.3, 0.4) is 0 Å². The lowest BCUT2D eigenvalue weighted by Gasteiger charge is -2.20. The first-order valence-electron chi connectivity index (χ1n) is 6.26. The minimum absolute atomic E-state index is 0.0862. The van der Waals surface area contributed by atoms with Crippen molar-refractivity contribution in [2.24, 2.45) is 0 Å². The second kappa shape index (κ2) is 3.94. The summed E-state index contributed by atoms with van der Waals surface area (Å²) < 4.78 is 0. The number of carbonyl (C=O) groups excluding carboxylic acids is 1. The predicted octanol–water partition coefficient (Wildman–Crippen LogP) is 1.12. The highest BCUT2D eigenvalue weighted by molar-refractivity contribution is 5.99. The van der Waals surface area contributed by atoms with Crippen LogP contribution < -0.4 is 10.2 Å². The van der Waals surface area contributed by atoms with E-state index in [2.05, 4.69) is 10.3 Å². The van der Waals surface area contributed by atoms with Gasteiger partial charge in [-0.2, -0.15) is 0 Å². The van der Waals surface area contributed by atoms with Gasteiger partial charge in [0, 0.05) is 24.2 Å². The van der Waals surface area contributed by atoms with Crippen LogP contribution in [0.1, 0.15) is 24.8 Å². The second-order valence-electron chi connectivity index (χ2n) is 5.26. The number of anilines is 1. The van der Waals surface area contributed by atoms with Crippen LogP contribution in [0.15, 0.2) is 18.3 Å². The number of pyridine rings is 1. The molecule has 0 radical (unpaired) electrons. The van der Waals surface area contributed by atoms with Gasteiger partial charge in [-0.05, 0) is 25.3 Å². The predicted molar refractivity (Wildman–Crippen MR) is 68.1 cm³/mol. The fraction of sp³-hybridized carbons (Fsp3) is 0.462. The lowest BCUT2D eigenvalue weighted by Crippen LogP contribution is -2.47. The fourth-order valence-electron chi connectivity index (χ4n) is 2.89. The third kappa shape index (κ3) is 1.83. The highest BCUT2D eigenvalue weighted by atomic mass is 16.4. The minimum atomic E-state index is -1.17. The van der Waals surface area contributed by atoms with E-state index < -0.39 is 12.1 Å². The van der Waals surface area contributed by atoms with Gasteiger partial charge in [-0.15, -0.1) is 0 Å². The molecule has 6 nitrogen and oxygen atoms in total. The number of hydrogen-bond donors (Lipinski definition) is 2. The Morgan fingerprint density at radius 2 is 2.32 bits per heavy atom. The van der Waals surface area contributed by atoms with Gasteiger partial charge in [0.05, 0.1) is 0 Å². The number of carboxylic acid groups (broad SMARTS) is 1. The Hall–Kier alpha value is -2.11. The summed E-state index contributed by atoms with van der Waals surface area (Å²) in [6.07, 6.45) is 2.96. The molecular weight excluding hydrogens is 246 g/mol. The van der Waals surface area contributed by atoms with Crippen LogP contribution in [0.2, 0.25) is 0 Å². The zero-order chi connectivity index (χ0) is 13.6. The molecule has 1 saturated carbocycles. The molecule has 3 rings (SSSR count). The Morgan fingerprint density at radius 3 is 2.95 bits per heavy atom. The van der Waals surface area contributed by atoms with Crippen LogP contribution in [0.4, 0.5) is 10.6 Å². The molecule has 2 aliphatic rings. The molecule has 1 atom stereocenters. The first-order chi connectivity index (χ1) is 9.03. The van der Waals surface area contributed by atoms with Crippen LogP contribution in [0, 0.1) is 0 Å². The van der Waals surface area contributed by atoms with Crippen molar-refractivity contribution in [3.8, 4) is 0 Å². The number of hydrogen-bond acceptors (Lipinski definition) is 3. The number of fused-ring (bicyclic) bond motifs is 2. The van der Waals surface area contributed by atoms with Gasteiger partial charge in [-0.25, -0.2) is 9.78 Å². The van der Waals surface area contributed by atoms with Gasteiger partial charge >= 0.3 is 6.09 Å². The summed E-state index contributed by atoms with van der Waals surface area (Å²) in [7, 11) is 1.64. The highest BCUT2D eigenvalue weighted by Gasteiger charge is 2.51. The monoisotopic (exact) mass is 261 g/mol. The molecule has 6 heteroatoms. The first kappa shape index (κ1) is 12.0. The Bertz CT molecular complexity index is 554. The van der Waals surface area contributed by atoms with Gasteiger partial charge in [-0.1, -0.05) is 6.07 Å². The van der Waals surface area contributed by atoms with Gasteiger partial charge in [0.1, 0.15) is 11.9 Å². The molecule has 1 aromatic rings. The van der Waals surface area contributed by atoms with E-state index in [1.54, 1.807) is 13.2 Å². The molecule has 2 amide bonds. The zero-order valence-corrected chi connectivity index (χ0v) is 10.6. The molecule has 19 heavy (non-hydrogen) atoms. The van der Waals surface area contributed by atoms with Crippen LogP contribution >= 0.6 is 0 Å². The van der Waals surface area contributed by atoms with Crippen molar-refractivity contribution in [2.45, 2.75) is 30.7 Å². The van der Waals surface area contributed by atoms with E-state index in [1.165, 1.54) is 4.90 Å². The summed E-state index contributed by atoms with van der Waals surface area (Å²) >= 11 is 0. The number of amides is 2. The zero-order valence-electron chi connectivity index (χ0n) is 10.6. The summed E-state index contributed by atoms with van der Waals surface area (Å²) in [6, 6.07) is 3.16. The van der Waals surface area contributed by atoms with Crippen molar-refractivity contribution in [2.75, 3.05) is 11.9 Å². The third-order valence-electron chi connectivity index (χ3n) is 4.05. The van der Waals surface area contributed by atoms with Crippen LogP contribution in [-0.2, 0) is 10.2 Å². The Balaban J connectivity index is 2.04. The molecule has 0 bridgehead atoms. The number of nitrogens with one attached hydrogen (secondary N) is 1. The van der Waals surface area contributed by atoms with Crippen molar-refractivity contribution < 1.29 is 14.7 Å². The summed E-state index contributed by atoms with van der Waals surface area (Å²) in [5, 5.41) is 11.2. The summed E-state index contributed by atoms with van der Waals surface area (Å²) in [5.41, 5.74) is 0.970. The van der Waals surface area contributed by atoms with E-state index in [0.717, 1.165) is 18.4 Å². The van der Waals surface area contributed by atoms with E-state index in [4.69, 9.17) is 5.11 Å². The first-order valence-corrected chi connectivity index (χ1v) is 6.26. The van der Waals surface area contributed by atoms with E-state index >= 15 is 0 Å². The second-order valence-corrected chi connectivity index (χ2v) is 5.26. The minimum Gasteiger partial charge on any atom is -0.465 e. The highest BCUT2D eigenvalue weighted by Crippen LogP contribution is 2.55. The SMILES string of the molecule is CN1C(=O)C(NC(=O)O)CC2(CC2)c2cccnc21. The molecule has 1 aliphatic heterocycles. The summed E-state index contributed by atoms with van der Waals surface area (Å²) in [6.45, 7) is 0. The lowest BCUT2D eigenvalue weighted by molar-refractivity contribution is -0.120. The van der Waals surface area contributed by atoms with Gasteiger partial charge in [0.25, 0.3) is 5.91 Å². The Labute approximate surface area is 110 Å². The van der Waals surface area contributed by atoms with Crippen LogP contribution in [0.5, 0.6) is 0 Å². The van der Waals surface area contributed by atoms with Crippen molar-refractivity contribution in [3.63, 3.8) is 0 Å². The molecule has 0 aromatic carbocycles. The average molecular weight is 261 g/mol. The molecule has 1 aromatic heterocycles. The molecule has 0 saturated heterocycles. The normalized spacial score (nSPS) is 23.7. The maximum atomic E-state index is 12.3. The van der Waals surface area contributed by atoms with E-state index in [1.807, 2.05) is 12.1 Å². The quantitative estimate of drug-likeness (QED) is 0.793. The number of carbonyl (C=O) groups is 2. The smallest absolute Gasteiger partial charge is 0.405 e. The van der Waals surface area contributed by atoms with Crippen molar-refractivity contribution in [3.05, 3.63) is 23.9 Å². The standard InChI is InChI=1S/C13H15N3O3/c1-16-10-8(3-2-6-14-10)13(4-5-13)7-9(11(16)17)15-12(18)19/h2-3,6,9,15H,4-5,7H2,1H3,(H,18,19). The van der Waals surface area contributed by atoms with Crippen molar-refractivity contribution in [1.29, 1.82) is 0 Å². The van der Waals surface area contributed by atoms with E-state index in [9.17, 15) is 9.59 Å². The number of aromatic nitrogens is 1. The molecule has 2 N–H and O–H groups in total. The largest absolute Gasteiger partial charge is 0.465 e. The molecule has 2 heterocycles. The topological polar surface area (TPSA) is 82.5 Å².